The van der Waals surface area contributed by atoms with E-state index >= 15 is 0 Å². The van der Waals surface area contributed by atoms with Gasteiger partial charge in [0.05, 0.1) is 18.0 Å². The number of para-hydroxylation sites is 2. The second-order valence-corrected chi connectivity index (χ2v) is 9.90. The number of ether oxygens (including phenoxy) is 2. The van der Waals surface area contributed by atoms with Crippen LogP contribution >= 0.6 is 11.8 Å². The van der Waals surface area contributed by atoms with Crippen LogP contribution in [0.15, 0.2) is 63.9 Å². The summed E-state index contributed by atoms with van der Waals surface area (Å²) in [5.74, 6) is 0.932. The van der Waals surface area contributed by atoms with Gasteiger partial charge in [0.15, 0.2) is 16.7 Å². The molecule has 0 saturated heterocycles. The van der Waals surface area contributed by atoms with E-state index < -0.39 is 10.0 Å². The Morgan fingerprint density at radius 2 is 1.87 bits per heavy atom. The van der Waals surface area contributed by atoms with E-state index in [9.17, 15) is 13.2 Å². The molecule has 31 heavy (non-hydrogen) atoms. The number of sulfonamides is 1. The standard InChI is InChI=1S/C21H19N3O5S2/c25-20(22-12-15-13-28-16-8-4-5-9-17(16)29-15)19-18(14-6-2-1-3-7-14)24-10-11-31(26,27)23-21(24)30-19/h1-9,15H,10-13H2,(H,22,25)/t15-/m1/s1. The van der Waals surface area contributed by atoms with Crippen molar-refractivity contribution in [3.63, 3.8) is 0 Å². The molecular formula is C21H19N3O5S2. The quantitative estimate of drug-likeness (QED) is 0.751. The highest BCUT2D eigenvalue weighted by Crippen LogP contribution is 2.41. The number of carbonyl (C=O) groups is 1. The Kier molecular flexibility index (Phi) is 5.11. The summed E-state index contributed by atoms with van der Waals surface area (Å²) < 4.78 is 39.4. The predicted molar refractivity (Wildman–Crippen MR) is 118 cm³/mol. The lowest BCUT2D eigenvalue weighted by Gasteiger charge is -2.26. The number of fused-ring (bicyclic) bond motifs is 2. The van der Waals surface area contributed by atoms with Gasteiger partial charge in [0, 0.05) is 6.54 Å². The summed E-state index contributed by atoms with van der Waals surface area (Å²) in [5.41, 5.74) is 1.50. The first-order valence-corrected chi connectivity index (χ1v) is 12.2. The van der Waals surface area contributed by atoms with Crippen LogP contribution in [-0.4, -0.2) is 55.9 Å². The van der Waals surface area contributed by atoms with E-state index in [4.69, 9.17) is 9.47 Å². The van der Waals surface area contributed by atoms with Crippen molar-refractivity contribution in [3.8, 4) is 11.5 Å². The highest BCUT2D eigenvalue weighted by atomic mass is 32.2. The molecule has 1 amide bonds. The molecule has 3 heterocycles. The van der Waals surface area contributed by atoms with Gasteiger partial charge < -0.3 is 19.7 Å². The first-order valence-electron chi connectivity index (χ1n) is 9.74. The number of nitrogens with zero attached hydrogens (tertiary/aromatic N) is 2. The summed E-state index contributed by atoms with van der Waals surface area (Å²) in [6, 6.07) is 16.8. The number of amidine groups is 1. The first kappa shape index (κ1) is 20.0. The average Bonchev–Trinajstić information content (AvgIpc) is 3.15. The van der Waals surface area contributed by atoms with Crippen LogP contribution in [0.3, 0.4) is 0 Å². The van der Waals surface area contributed by atoms with Crippen molar-refractivity contribution in [2.45, 2.75) is 6.10 Å². The summed E-state index contributed by atoms with van der Waals surface area (Å²) in [5, 5.41) is 3.21. The Morgan fingerprint density at radius 3 is 2.68 bits per heavy atom. The van der Waals surface area contributed by atoms with Gasteiger partial charge in [-0.25, -0.2) is 8.42 Å². The summed E-state index contributed by atoms with van der Waals surface area (Å²) >= 11 is 1.08. The zero-order valence-electron chi connectivity index (χ0n) is 16.4. The predicted octanol–water partition coefficient (Wildman–Crippen LogP) is 2.06. The lowest BCUT2D eigenvalue weighted by molar-refractivity contribution is -0.117. The third kappa shape index (κ3) is 4.00. The first-order chi connectivity index (χ1) is 15.0. The van der Waals surface area contributed by atoms with Crippen LogP contribution in [0.25, 0.3) is 5.70 Å². The fraction of sp³-hybridized carbons (Fsp3) is 0.238. The van der Waals surface area contributed by atoms with Crippen molar-refractivity contribution in [3.05, 3.63) is 65.1 Å². The third-order valence-electron chi connectivity index (χ3n) is 5.01. The van der Waals surface area contributed by atoms with Gasteiger partial charge in [-0.1, -0.05) is 42.5 Å². The minimum absolute atomic E-state index is 0.0883. The Labute approximate surface area is 184 Å². The van der Waals surface area contributed by atoms with E-state index in [2.05, 4.69) is 9.71 Å². The van der Waals surface area contributed by atoms with Crippen molar-refractivity contribution in [2.24, 2.45) is 4.40 Å². The number of hydrogen-bond donors (Lipinski definition) is 1. The van der Waals surface area contributed by atoms with Crippen LogP contribution in [-0.2, 0) is 14.8 Å². The molecule has 0 saturated carbocycles. The normalized spacial score (nSPS) is 21.4. The van der Waals surface area contributed by atoms with E-state index in [1.807, 2.05) is 54.6 Å². The molecule has 1 atom stereocenters. The molecular weight excluding hydrogens is 438 g/mol. The molecule has 5 rings (SSSR count). The Balaban J connectivity index is 1.37. The molecule has 2 aromatic carbocycles. The van der Waals surface area contributed by atoms with Gasteiger partial charge in [0.1, 0.15) is 17.6 Å². The third-order valence-corrected chi connectivity index (χ3v) is 7.35. The molecule has 0 fully saturated rings. The molecule has 1 N–H and O–H groups in total. The summed E-state index contributed by atoms with van der Waals surface area (Å²) in [6.07, 6.45) is -0.327. The van der Waals surface area contributed by atoms with Crippen LogP contribution < -0.4 is 14.8 Å². The highest BCUT2D eigenvalue weighted by Gasteiger charge is 2.38. The second-order valence-electron chi connectivity index (χ2n) is 7.16. The van der Waals surface area contributed by atoms with Gasteiger partial charge in [-0.3, -0.25) is 4.79 Å². The Hall–Kier alpha value is -2.98. The van der Waals surface area contributed by atoms with Crippen LogP contribution in [0.2, 0.25) is 0 Å². The molecule has 160 valence electrons. The lowest BCUT2D eigenvalue weighted by atomic mass is 10.1. The van der Waals surface area contributed by atoms with Gasteiger partial charge in [-0.2, -0.15) is 0 Å². The monoisotopic (exact) mass is 457 g/mol. The number of carbonyl (C=O) groups excluding carboxylic acids is 1. The molecule has 0 unspecified atom stereocenters. The van der Waals surface area contributed by atoms with Crippen molar-refractivity contribution in [2.75, 3.05) is 25.4 Å². The maximum Gasteiger partial charge on any atom is 0.260 e. The van der Waals surface area contributed by atoms with Crippen molar-refractivity contribution in [1.29, 1.82) is 0 Å². The molecule has 0 radical (unpaired) electrons. The second kappa shape index (κ2) is 7.93. The molecule has 3 aliphatic heterocycles. The van der Waals surface area contributed by atoms with Gasteiger partial charge in [-0.05, 0) is 29.5 Å². The van der Waals surface area contributed by atoms with Crippen LogP contribution in [0.1, 0.15) is 5.56 Å². The van der Waals surface area contributed by atoms with E-state index in [-0.39, 0.29) is 30.9 Å². The average molecular weight is 458 g/mol. The topological polar surface area (TPSA) is 97.3 Å². The number of benzene rings is 2. The molecule has 0 spiro atoms. The van der Waals surface area contributed by atoms with Crippen molar-refractivity contribution in [1.82, 2.24) is 10.2 Å². The minimum atomic E-state index is -3.52. The fourth-order valence-corrected chi connectivity index (χ4v) is 5.84. The molecule has 0 bridgehead atoms. The smallest absolute Gasteiger partial charge is 0.260 e. The molecule has 2 aromatic rings. The van der Waals surface area contributed by atoms with Crippen LogP contribution in [0, 0.1) is 0 Å². The van der Waals surface area contributed by atoms with Crippen molar-refractivity contribution < 1.29 is 22.7 Å². The zero-order chi connectivity index (χ0) is 21.4. The van der Waals surface area contributed by atoms with E-state index in [1.54, 1.807) is 4.90 Å². The van der Waals surface area contributed by atoms with Gasteiger partial charge in [0.2, 0.25) is 0 Å². The summed E-state index contributed by atoms with van der Waals surface area (Å²) in [6.45, 7) is 0.835. The number of amides is 1. The molecule has 3 aliphatic rings. The molecule has 0 aromatic heterocycles. The van der Waals surface area contributed by atoms with Gasteiger partial charge in [-0.15, -0.1) is 4.40 Å². The van der Waals surface area contributed by atoms with E-state index in [1.165, 1.54) is 0 Å². The fourth-order valence-electron chi connectivity index (χ4n) is 3.55. The maximum absolute atomic E-state index is 13.1. The van der Waals surface area contributed by atoms with Crippen LogP contribution in [0.4, 0.5) is 0 Å². The maximum atomic E-state index is 13.1. The van der Waals surface area contributed by atoms with E-state index in [0.29, 0.717) is 33.9 Å². The lowest BCUT2D eigenvalue weighted by Crippen LogP contribution is -2.41. The van der Waals surface area contributed by atoms with Crippen LogP contribution in [0.5, 0.6) is 11.5 Å². The van der Waals surface area contributed by atoms with Gasteiger partial charge >= 0.3 is 0 Å². The highest BCUT2D eigenvalue weighted by molar-refractivity contribution is 8.19. The van der Waals surface area contributed by atoms with Gasteiger partial charge in [0.25, 0.3) is 15.9 Å². The SMILES string of the molecule is O=C(NC[C@@H]1COc2ccccc2O1)C1=C(c2ccccc2)N2CCS(=O)(=O)N=C2S1. The Bertz CT molecular complexity index is 1190. The largest absolute Gasteiger partial charge is 0.486 e. The van der Waals surface area contributed by atoms with E-state index in [0.717, 1.165) is 17.3 Å². The minimum Gasteiger partial charge on any atom is -0.486 e. The number of hydrogen-bond acceptors (Lipinski definition) is 7. The summed E-state index contributed by atoms with van der Waals surface area (Å²) in [4.78, 5) is 15.3. The number of rotatable bonds is 4. The number of nitrogens with one attached hydrogen (secondary N) is 1. The molecule has 8 nitrogen and oxygen atoms in total. The molecule has 10 heteroatoms. The summed E-state index contributed by atoms with van der Waals surface area (Å²) in [7, 11) is -3.52. The number of thioether (sulfide) groups is 1. The van der Waals surface area contributed by atoms with Crippen molar-refractivity contribution >= 4 is 38.6 Å². The Morgan fingerprint density at radius 1 is 1.13 bits per heavy atom. The molecule has 0 aliphatic carbocycles. The zero-order valence-corrected chi connectivity index (χ0v) is 18.0.